The Labute approximate surface area is 195 Å². The second-order valence-electron chi connectivity index (χ2n) is 6.38. The number of carbonyl (C=O) groups is 1. The molecule has 0 aliphatic carbocycles. The number of benzene rings is 3. The van der Waals surface area contributed by atoms with Crippen molar-refractivity contribution in [2.45, 2.75) is 13.5 Å². The number of rotatable bonds is 8. The molecule has 160 valence electrons. The molecule has 1 N–H and O–H groups in total. The first-order valence-corrected chi connectivity index (χ1v) is 10.5. The molecular weight excluding hydrogens is 459 g/mol. The number of ether oxygens (including phenoxy) is 2. The fraction of sp³-hybridized carbons (Fsp3) is 0.130. The molecule has 0 spiro atoms. The van der Waals surface area contributed by atoms with E-state index in [4.69, 9.17) is 44.3 Å². The minimum Gasteiger partial charge on any atom is -0.494 e. The number of amides is 1. The Bertz CT molecular complexity index is 1090. The van der Waals surface area contributed by atoms with Gasteiger partial charge in [0.1, 0.15) is 18.1 Å². The van der Waals surface area contributed by atoms with Crippen molar-refractivity contribution >= 4 is 46.9 Å². The standard InChI is InChI=1S/C23H19Cl3N2O3/c1-2-30-19-7-4-16(5-8-19)23(29)28-27-13-17-12-18(24)6-10-22(17)31-14-15-3-9-20(25)21(26)11-15/h3-13H,2,14H2,1H3,(H,28,29)/b27-13-. The third kappa shape index (κ3) is 6.62. The van der Waals surface area contributed by atoms with Crippen LogP contribution in [0.4, 0.5) is 0 Å². The molecule has 5 nitrogen and oxygen atoms in total. The molecule has 0 unspecified atom stereocenters. The molecule has 3 aromatic carbocycles. The highest BCUT2D eigenvalue weighted by Gasteiger charge is 2.07. The van der Waals surface area contributed by atoms with Crippen molar-refractivity contribution in [1.82, 2.24) is 5.43 Å². The topological polar surface area (TPSA) is 59.9 Å². The van der Waals surface area contributed by atoms with E-state index in [1.54, 1.807) is 54.6 Å². The van der Waals surface area contributed by atoms with E-state index in [2.05, 4.69) is 10.5 Å². The van der Waals surface area contributed by atoms with Crippen molar-refractivity contribution in [3.05, 3.63) is 92.4 Å². The molecule has 0 aliphatic rings. The fourth-order valence-electron chi connectivity index (χ4n) is 2.64. The van der Waals surface area contributed by atoms with E-state index >= 15 is 0 Å². The van der Waals surface area contributed by atoms with Gasteiger partial charge in [-0.05, 0) is 67.1 Å². The van der Waals surface area contributed by atoms with Crippen LogP contribution in [-0.4, -0.2) is 18.7 Å². The zero-order valence-electron chi connectivity index (χ0n) is 16.6. The van der Waals surface area contributed by atoms with Crippen LogP contribution in [0.25, 0.3) is 0 Å². The number of hydrazone groups is 1. The third-order valence-electron chi connectivity index (χ3n) is 4.15. The minimum absolute atomic E-state index is 0.276. The van der Waals surface area contributed by atoms with Crippen LogP contribution in [0.15, 0.2) is 65.8 Å². The molecule has 3 aromatic rings. The van der Waals surface area contributed by atoms with E-state index in [1.807, 2.05) is 13.0 Å². The summed E-state index contributed by atoms with van der Waals surface area (Å²) >= 11 is 18.1. The monoisotopic (exact) mass is 476 g/mol. The van der Waals surface area contributed by atoms with E-state index in [1.165, 1.54) is 6.21 Å². The van der Waals surface area contributed by atoms with Crippen LogP contribution in [0, 0.1) is 0 Å². The Morgan fingerprint density at radius 1 is 0.968 bits per heavy atom. The molecule has 8 heteroatoms. The Balaban J connectivity index is 1.66. The molecule has 1 amide bonds. The minimum atomic E-state index is -0.348. The highest BCUT2D eigenvalue weighted by Crippen LogP contribution is 2.25. The zero-order chi connectivity index (χ0) is 22.2. The van der Waals surface area contributed by atoms with Crippen LogP contribution in [0.1, 0.15) is 28.4 Å². The summed E-state index contributed by atoms with van der Waals surface area (Å²) in [4.78, 5) is 12.3. The first-order valence-electron chi connectivity index (χ1n) is 9.39. The number of hydrogen-bond acceptors (Lipinski definition) is 4. The maximum Gasteiger partial charge on any atom is 0.271 e. The van der Waals surface area contributed by atoms with Gasteiger partial charge in [-0.2, -0.15) is 5.10 Å². The molecule has 0 radical (unpaired) electrons. The molecule has 0 heterocycles. The van der Waals surface area contributed by atoms with Gasteiger partial charge >= 0.3 is 0 Å². The van der Waals surface area contributed by atoms with Gasteiger partial charge in [0.2, 0.25) is 0 Å². The Morgan fingerprint density at radius 2 is 1.74 bits per heavy atom. The van der Waals surface area contributed by atoms with Gasteiger partial charge in [-0.1, -0.05) is 40.9 Å². The molecule has 31 heavy (non-hydrogen) atoms. The highest BCUT2D eigenvalue weighted by atomic mass is 35.5. The Kier molecular flexibility index (Phi) is 8.18. The van der Waals surface area contributed by atoms with Crippen LogP contribution in [0.5, 0.6) is 11.5 Å². The van der Waals surface area contributed by atoms with Gasteiger partial charge in [0.25, 0.3) is 5.91 Å². The zero-order valence-corrected chi connectivity index (χ0v) is 18.8. The van der Waals surface area contributed by atoms with Gasteiger partial charge in [0, 0.05) is 16.1 Å². The lowest BCUT2D eigenvalue weighted by Crippen LogP contribution is -2.17. The normalized spacial score (nSPS) is 10.8. The number of halogens is 3. The SMILES string of the molecule is CCOc1ccc(C(=O)N/N=C\c2cc(Cl)ccc2OCc2ccc(Cl)c(Cl)c2)cc1. The molecule has 0 atom stereocenters. The van der Waals surface area contributed by atoms with Crippen LogP contribution in [-0.2, 0) is 6.61 Å². The Morgan fingerprint density at radius 3 is 2.45 bits per heavy atom. The smallest absolute Gasteiger partial charge is 0.271 e. The van der Waals surface area contributed by atoms with E-state index in [0.29, 0.717) is 44.3 Å². The van der Waals surface area contributed by atoms with Crippen molar-refractivity contribution < 1.29 is 14.3 Å². The van der Waals surface area contributed by atoms with Crippen LogP contribution in [0.3, 0.4) is 0 Å². The summed E-state index contributed by atoms with van der Waals surface area (Å²) in [6.45, 7) is 2.73. The third-order valence-corrected chi connectivity index (χ3v) is 5.12. The van der Waals surface area contributed by atoms with Crippen molar-refractivity contribution in [2.75, 3.05) is 6.61 Å². The van der Waals surface area contributed by atoms with Gasteiger partial charge in [-0.15, -0.1) is 0 Å². The van der Waals surface area contributed by atoms with E-state index in [0.717, 1.165) is 5.56 Å². The van der Waals surface area contributed by atoms with Gasteiger partial charge < -0.3 is 9.47 Å². The predicted molar refractivity (Wildman–Crippen MR) is 125 cm³/mol. The molecule has 3 rings (SSSR count). The Hall–Kier alpha value is -2.73. The lowest BCUT2D eigenvalue weighted by Gasteiger charge is -2.10. The lowest BCUT2D eigenvalue weighted by atomic mass is 10.2. The molecule has 0 aromatic heterocycles. The average molecular weight is 478 g/mol. The first-order chi connectivity index (χ1) is 15.0. The predicted octanol–water partition coefficient (Wildman–Crippen LogP) is 6.39. The summed E-state index contributed by atoms with van der Waals surface area (Å²) in [6, 6.07) is 17.2. The van der Waals surface area contributed by atoms with Crippen molar-refractivity contribution in [3.63, 3.8) is 0 Å². The highest BCUT2D eigenvalue weighted by molar-refractivity contribution is 6.42. The van der Waals surface area contributed by atoms with Crippen molar-refractivity contribution in [2.24, 2.45) is 5.10 Å². The lowest BCUT2D eigenvalue weighted by molar-refractivity contribution is 0.0955. The second kappa shape index (κ2) is 11.0. The number of carbonyl (C=O) groups excluding carboxylic acids is 1. The molecule has 0 saturated carbocycles. The maximum atomic E-state index is 12.3. The summed E-state index contributed by atoms with van der Waals surface area (Å²) in [7, 11) is 0. The van der Waals surface area contributed by atoms with Crippen LogP contribution in [0.2, 0.25) is 15.1 Å². The van der Waals surface area contributed by atoms with Crippen molar-refractivity contribution in [1.29, 1.82) is 0 Å². The molecule has 0 bridgehead atoms. The summed E-state index contributed by atoms with van der Waals surface area (Å²) in [5.74, 6) is 0.902. The summed E-state index contributed by atoms with van der Waals surface area (Å²) in [5.41, 5.74) is 4.42. The van der Waals surface area contributed by atoms with E-state index in [9.17, 15) is 4.79 Å². The molecule has 0 fully saturated rings. The van der Waals surface area contributed by atoms with Crippen LogP contribution < -0.4 is 14.9 Å². The van der Waals surface area contributed by atoms with Gasteiger partial charge in [0.15, 0.2) is 0 Å². The van der Waals surface area contributed by atoms with Crippen LogP contribution >= 0.6 is 34.8 Å². The molecule has 0 aliphatic heterocycles. The van der Waals surface area contributed by atoms with Gasteiger partial charge in [-0.3, -0.25) is 4.79 Å². The number of nitrogens with one attached hydrogen (secondary N) is 1. The largest absolute Gasteiger partial charge is 0.494 e. The maximum absolute atomic E-state index is 12.3. The fourth-order valence-corrected chi connectivity index (χ4v) is 3.14. The van der Waals surface area contributed by atoms with Gasteiger partial charge in [0.05, 0.1) is 22.9 Å². The average Bonchev–Trinajstić information content (AvgIpc) is 2.76. The van der Waals surface area contributed by atoms with E-state index < -0.39 is 0 Å². The van der Waals surface area contributed by atoms with E-state index in [-0.39, 0.29) is 12.5 Å². The summed E-state index contributed by atoms with van der Waals surface area (Å²) in [6.07, 6.45) is 1.47. The number of nitrogens with zero attached hydrogens (tertiary/aromatic N) is 1. The van der Waals surface area contributed by atoms with Gasteiger partial charge in [-0.25, -0.2) is 5.43 Å². The molecule has 0 saturated heterocycles. The molecular formula is C23H19Cl3N2O3. The second-order valence-corrected chi connectivity index (χ2v) is 7.63. The summed E-state index contributed by atoms with van der Waals surface area (Å²) in [5, 5.41) is 5.48. The summed E-state index contributed by atoms with van der Waals surface area (Å²) < 4.78 is 11.2. The van der Waals surface area contributed by atoms with Crippen molar-refractivity contribution in [3.8, 4) is 11.5 Å². The number of hydrogen-bond donors (Lipinski definition) is 1. The first kappa shape index (κ1) is 22.9. The quantitative estimate of drug-likeness (QED) is 0.302.